The number of hydrogen-bond donors (Lipinski definition) is 0. The van der Waals surface area contributed by atoms with Crippen LogP contribution in [0.15, 0.2) is 0 Å². The van der Waals surface area contributed by atoms with Gasteiger partial charge in [-0.05, 0) is 43.3 Å². The van der Waals surface area contributed by atoms with Gasteiger partial charge in [-0.15, -0.1) is 0 Å². The highest BCUT2D eigenvalue weighted by Crippen LogP contribution is 2.43. The molecule has 1 unspecified atom stereocenters. The predicted octanol–water partition coefficient (Wildman–Crippen LogP) is 6.29. The smallest absolute Gasteiger partial charge is 0.195 e. The Kier molecular flexibility index (Phi) is 6.60. The predicted molar refractivity (Wildman–Crippen MR) is 90.7 cm³/mol. The number of rotatable bonds is 6. The fourth-order valence-corrected chi connectivity index (χ4v) is 9.36. The molecule has 2 rings (SSSR count). The van der Waals surface area contributed by atoms with E-state index in [0.717, 1.165) is 11.5 Å². The van der Waals surface area contributed by atoms with Crippen LogP contribution in [-0.4, -0.2) is 14.4 Å². The van der Waals surface area contributed by atoms with E-state index in [4.69, 9.17) is 4.43 Å². The van der Waals surface area contributed by atoms with Crippen LogP contribution in [-0.2, 0) is 4.43 Å². The van der Waals surface area contributed by atoms with Crippen LogP contribution in [0, 0.1) is 5.92 Å². The van der Waals surface area contributed by atoms with E-state index < -0.39 is 8.32 Å². The summed E-state index contributed by atoms with van der Waals surface area (Å²) in [4.78, 5) is 0. The fourth-order valence-electron chi connectivity index (χ4n) is 4.79. The zero-order valence-electron chi connectivity index (χ0n) is 14.1. The maximum absolute atomic E-state index is 6.95. The molecule has 2 fully saturated rings. The molecule has 118 valence electrons. The molecule has 2 aliphatic rings. The third kappa shape index (κ3) is 3.88. The Hall–Kier alpha value is 0.177. The summed E-state index contributed by atoms with van der Waals surface area (Å²) in [5.74, 6) is 0.859. The van der Waals surface area contributed by atoms with E-state index in [2.05, 4.69) is 20.8 Å². The van der Waals surface area contributed by atoms with Crippen molar-refractivity contribution in [2.45, 2.75) is 109 Å². The van der Waals surface area contributed by atoms with Gasteiger partial charge in [0.2, 0.25) is 0 Å². The molecule has 0 aromatic heterocycles. The minimum Gasteiger partial charge on any atom is -0.414 e. The first-order chi connectivity index (χ1) is 9.72. The molecule has 2 saturated carbocycles. The van der Waals surface area contributed by atoms with Gasteiger partial charge in [0.05, 0.1) is 0 Å². The molecule has 20 heavy (non-hydrogen) atoms. The summed E-state index contributed by atoms with van der Waals surface area (Å²) in [6.07, 6.45) is 15.0. The summed E-state index contributed by atoms with van der Waals surface area (Å²) in [6.45, 7) is 7.22. The molecule has 0 N–H and O–H groups in total. The summed E-state index contributed by atoms with van der Waals surface area (Å²) in [5, 5.41) is 0. The second kappa shape index (κ2) is 7.98. The Morgan fingerprint density at radius 2 is 1.35 bits per heavy atom. The van der Waals surface area contributed by atoms with Crippen LogP contribution in [0.4, 0.5) is 0 Å². The zero-order chi connectivity index (χ0) is 14.4. The highest BCUT2D eigenvalue weighted by atomic mass is 28.4. The standard InChI is InChI=1S/C18H36OSi/c1-4-20(5-2,18-14-10-7-11-15-18)19-16(3)17-12-8-6-9-13-17/h16-18H,4-15H2,1-3H3. The Bertz CT molecular complexity index is 263. The molecule has 0 radical (unpaired) electrons. The Labute approximate surface area is 128 Å². The van der Waals surface area contributed by atoms with Gasteiger partial charge in [-0.25, -0.2) is 0 Å². The van der Waals surface area contributed by atoms with E-state index >= 15 is 0 Å². The van der Waals surface area contributed by atoms with E-state index in [1.807, 2.05) is 0 Å². The average molecular weight is 297 g/mol. The van der Waals surface area contributed by atoms with E-state index in [1.165, 1.54) is 76.3 Å². The van der Waals surface area contributed by atoms with Gasteiger partial charge in [-0.1, -0.05) is 65.2 Å². The van der Waals surface area contributed by atoms with Crippen molar-refractivity contribution >= 4 is 8.32 Å². The molecular weight excluding hydrogens is 260 g/mol. The Balaban J connectivity index is 1.99. The summed E-state index contributed by atoms with van der Waals surface area (Å²) in [7, 11) is -1.49. The molecule has 1 nitrogen and oxygen atoms in total. The lowest BCUT2D eigenvalue weighted by molar-refractivity contribution is 0.107. The highest BCUT2D eigenvalue weighted by Gasteiger charge is 2.42. The van der Waals surface area contributed by atoms with Crippen LogP contribution < -0.4 is 0 Å². The molecule has 0 heterocycles. The van der Waals surface area contributed by atoms with Gasteiger partial charge in [0.1, 0.15) is 0 Å². The summed E-state index contributed by atoms with van der Waals surface area (Å²) in [5.41, 5.74) is 0.956. The van der Waals surface area contributed by atoms with Crippen LogP contribution in [0.2, 0.25) is 17.6 Å². The van der Waals surface area contributed by atoms with Crippen molar-refractivity contribution < 1.29 is 4.43 Å². The lowest BCUT2D eigenvalue weighted by Crippen LogP contribution is -2.47. The molecule has 0 saturated heterocycles. The van der Waals surface area contributed by atoms with Crippen LogP contribution in [0.5, 0.6) is 0 Å². The molecule has 0 aromatic rings. The minimum atomic E-state index is -1.49. The first-order valence-electron chi connectivity index (χ1n) is 9.39. The van der Waals surface area contributed by atoms with Crippen molar-refractivity contribution in [3.63, 3.8) is 0 Å². The fraction of sp³-hybridized carbons (Fsp3) is 1.00. The van der Waals surface area contributed by atoms with Crippen LogP contribution in [0.25, 0.3) is 0 Å². The normalized spacial score (nSPS) is 24.8. The lowest BCUT2D eigenvalue weighted by atomic mass is 9.86. The molecule has 0 amide bonds. The Morgan fingerprint density at radius 3 is 1.85 bits per heavy atom. The van der Waals surface area contributed by atoms with Gasteiger partial charge in [-0.3, -0.25) is 0 Å². The molecule has 2 heteroatoms. The largest absolute Gasteiger partial charge is 0.414 e. The molecule has 0 aliphatic heterocycles. The second-order valence-corrected chi connectivity index (χ2v) is 11.9. The third-order valence-corrected chi connectivity index (χ3v) is 11.6. The van der Waals surface area contributed by atoms with Crippen LogP contribution in [0.3, 0.4) is 0 Å². The van der Waals surface area contributed by atoms with E-state index in [1.54, 1.807) is 0 Å². The number of hydrogen-bond acceptors (Lipinski definition) is 1. The van der Waals surface area contributed by atoms with E-state index in [-0.39, 0.29) is 0 Å². The van der Waals surface area contributed by atoms with Crippen molar-refractivity contribution in [1.29, 1.82) is 0 Å². The monoisotopic (exact) mass is 296 g/mol. The van der Waals surface area contributed by atoms with Gasteiger partial charge in [0, 0.05) is 6.10 Å². The van der Waals surface area contributed by atoms with Crippen molar-refractivity contribution in [3.05, 3.63) is 0 Å². The summed E-state index contributed by atoms with van der Waals surface area (Å²) >= 11 is 0. The maximum atomic E-state index is 6.95. The Morgan fingerprint density at radius 1 is 0.850 bits per heavy atom. The second-order valence-electron chi connectivity index (χ2n) is 7.33. The average Bonchev–Trinajstić information content (AvgIpc) is 2.54. The van der Waals surface area contributed by atoms with Gasteiger partial charge in [0.25, 0.3) is 0 Å². The molecule has 2 aliphatic carbocycles. The summed E-state index contributed by atoms with van der Waals surface area (Å²) in [6, 6.07) is 2.68. The SMILES string of the molecule is CC[Si](CC)(OC(C)C1CCCCC1)C1CCCCC1. The van der Waals surface area contributed by atoms with Gasteiger partial charge >= 0.3 is 0 Å². The maximum Gasteiger partial charge on any atom is 0.195 e. The van der Waals surface area contributed by atoms with Crippen LogP contribution >= 0.6 is 0 Å². The van der Waals surface area contributed by atoms with Crippen molar-refractivity contribution in [1.82, 2.24) is 0 Å². The topological polar surface area (TPSA) is 9.23 Å². The molecule has 0 bridgehead atoms. The highest BCUT2D eigenvalue weighted by molar-refractivity contribution is 6.75. The van der Waals surface area contributed by atoms with Gasteiger partial charge in [-0.2, -0.15) is 0 Å². The van der Waals surface area contributed by atoms with E-state index in [9.17, 15) is 0 Å². The van der Waals surface area contributed by atoms with Gasteiger partial charge in [0.15, 0.2) is 8.32 Å². The molecule has 0 aromatic carbocycles. The lowest BCUT2D eigenvalue weighted by Gasteiger charge is -2.43. The quantitative estimate of drug-likeness (QED) is 0.523. The first-order valence-corrected chi connectivity index (χ1v) is 11.8. The van der Waals surface area contributed by atoms with Crippen LogP contribution in [0.1, 0.15) is 85.0 Å². The van der Waals surface area contributed by atoms with Gasteiger partial charge < -0.3 is 4.43 Å². The first kappa shape index (κ1) is 16.5. The zero-order valence-corrected chi connectivity index (χ0v) is 15.1. The molecule has 0 spiro atoms. The molecule has 1 atom stereocenters. The summed E-state index contributed by atoms with van der Waals surface area (Å²) < 4.78 is 6.95. The third-order valence-electron chi connectivity index (χ3n) is 6.28. The van der Waals surface area contributed by atoms with Crippen molar-refractivity contribution in [2.24, 2.45) is 5.92 Å². The van der Waals surface area contributed by atoms with Crippen molar-refractivity contribution in [3.8, 4) is 0 Å². The minimum absolute atomic E-state index is 0.531. The molecular formula is C18H36OSi. The van der Waals surface area contributed by atoms with Crippen molar-refractivity contribution in [2.75, 3.05) is 0 Å². The van der Waals surface area contributed by atoms with E-state index in [0.29, 0.717) is 6.10 Å².